The molecule has 1 heterocycles. The van der Waals surface area contributed by atoms with Gasteiger partial charge in [-0.05, 0) is 30.4 Å². The van der Waals surface area contributed by atoms with Crippen LogP contribution in [-0.2, 0) is 16.0 Å². The minimum atomic E-state index is -0.508. The molecule has 1 N–H and O–H groups in total. The van der Waals surface area contributed by atoms with E-state index in [0.29, 0.717) is 13.2 Å². The number of hydrogen-bond acceptors (Lipinski definition) is 4. The average Bonchev–Trinajstić information content (AvgIpc) is 2.70. The van der Waals surface area contributed by atoms with Crippen LogP contribution in [0.5, 0.6) is 0 Å². The van der Waals surface area contributed by atoms with Gasteiger partial charge in [-0.25, -0.2) is 0 Å². The number of benzene rings is 2. The van der Waals surface area contributed by atoms with E-state index in [4.69, 9.17) is 9.47 Å². The van der Waals surface area contributed by atoms with Gasteiger partial charge in [-0.1, -0.05) is 60.7 Å². The van der Waals surface area contributed by atoms with Crippen LogP contribution in [-0.4, -0.2) is 42.6 Å². The van der Waals surface area contributed by atoms with Gasteiger partial charge in [0.05, 0.1) is 12.7 Å². The van der Waals surface area contributed by atoms with Crippen LogP contribution in [0.3, 0.4) is 0 Å². The predicted octanol–water partition coefficient (Wildman–Crippen LogP) is 3.77. The third-order valence-electron chi connectivity index (χ3n) is 4.71. The van der Waals surface area contributed by atoms with Crippen molar-refractivity contribution < 1.29 is 14.6 Å². The van der Waals surface area contributed by atoms with Crippen molar-refractivity contribution in [1.82, 2.24) is 4.90 Å². The highest BCUT2D eigenvalue weighted by Gasteiger charge is 2.17. The molecule has 4 nitrogen and oxygen atoms in total. The zero-order chi connectivity index (χ0) is 18.0. The number of hydrogen-bond donors (Lipinski definition) is 1. The molecule has 4 heteroatoms. The lowest BCUT2D eigenvalue weighted by molar-refractivity contribution is -0.164. The highest BCUT2D eigenvalue weighted by molar-refractivity contribution is 5.18. The summed E-state index contributed by atoms with van der Waals surface area (Å²) in [5.74, 6) is 0. The lowest BCUT2D eigenvalue weighted by Crippen LogP contribution is -2.33. The maximum absolute atomic E-state index is 10.6. The molecule has 2 unspecified atom stereocenters. The molecule has 2 aromatic rings. The smallest absolute Gasteiger partial charge is 0.157 e. The van der Waals surface area contributed by atoms with Gasteiger partial charge in [0.25, 0.3) is 0 Å². The van der Waals surface area contributed by atoms with E-state index >= 15 is 0 Å². The molecule has 140 valence electrons. The first-order valence-electron chi connectivity index (χ1n) is 9.54. The van der Waals surface area contributed by atoms with Crippen molar-refractivity contribution in [2.45, 2.75) is 38.2 Å². The van der Waals surface area contributed by atoms with Crippen LogP contribution in [0.15, 0.2) is 60.7 Å². The van der Waals surface area contributed by atoms with Gasteiger partial charge in [-0.3, -0.25) is 4.90 Å². The fourth-order valence-corrected chi connectivity index (χ4v) is 3.26. The Kier molecular flexibility index (Phi) is 7.65. The van der Waals surface area contributed by atoms with E-state index in [0.717, 1.165) is 38.1 Å². The minimum Gasteiger partial charge on any atom is -0.387 e. The maximum atomic E-state index is 10.6. The van der Waals surface area contributed by atoms with E-state index < -0.39 is 6.10 Å². The molecule has 0 aromatic heterocycles. The van der Waals surface area contributed by atoms with Gasteiger partial charge in [-0.2, -0.15) is 0 Å². The molecule has 1 aliphatic heterocycles. The van der Waals surface area contributed by atoms with Crippen LogP contribution in [0.1, 0.15) is 36.5 Å². The molecule has 26 heavy (non-hydrogen) atoms. The minimum absolute atomic E-state index is 0.0682. The molecule has 2 atom stereocenters. The topological polar surface area (TPSA) is 41.9 Å². The van der Waals surface area contributed by atoms with Gasteiger partial charge in [0.2, 0.25) is 0 Å². The Labute approximate surface area is 156 Å². The van der Waals surface area contributed by atoms with Crippen molar-refractivity contribution in [3.05, 3.63) is 71.8 Å². The van der Waals surface area contributed by atoms with Crippen molar-refractivity contribution >= 4 is 0 Å². The fraction of sp³-hybridized carbons (Fsp3) is 0.455. The maximum Gasteiger partial charge on any atom is 0.157 e. The molecule has 0 bridgehead atoms. The van der Waals surface area contributed by atoms with Crippen LogP contribution >= 0.6 is 0 Å². The van der Waals surface area contributed by atoms with E-state index in [1.54, 1.807) is 0 Å². The van der Waals surface area contributed by atoms with Crippen LogP contribution in [0, 0.1) is 0 Å². The summed E-state index contributed by atoms with van der Waals surface area (Å²) >= 11 is 0. The van der Waals surface area contributed by atoms with Crippen LogP contribution in [0.25, 0.3) is 0 Å². The summed E-state index contributed by atoms with van der Waals surface area (Å²) < 4.78 is 11.5. The number of rotatable bonds is 9. The number of ether oxygens (including phenoxy) is 2. The molecular weight excluding hydrogens is 326 g/mol. The molecule has 0 aliphatic carbocycles. The van der Waals surface area contributed by atoms with Crippen LogP contribution in [0.2, 0.25) is 0 Å². The van der Waals surface area contributed by atoms with Gasteiger partial charge in [0.15, 0.2) is 6.29 Å². The normalized spacial score (nSPS) is 18.8. The van der Waals surface area contributed by atoms with E-state index in [9.17, 15) is 5.11 Å². The van der Waals surface area contributed by atoms with Gasteiger partial charge >= 0.3 is 0 Å². The molecule has 0 spiro atoms. The number of aliphatic hydroxyl groups is 1. The second-order valence-corrected chi connectivity index (χ2v) is 6.81. The highest BCUT2D eigenvalue weighted by Crippen LogP contribution is 2.17. The molecular formula is C22H29NO3. The van der Waals surface area contributed by atoms with E-state index in [2.05, 4.69) is 17.0 Å². The zero-order valence-electron chi connectivity index (χ0n) is 15.3. The first-order chi connectivity index (χ1) is 12.8. The van der Waals surface area contributed by atoms with Crippen molar-refractivity contribution in [3.63, 3.8) is 0 Å². The molecule has 1 fully saturated rings. The first kappa shape index (κ1) is 19.1. The standard InChI is InChI=1S/C22H29NO3/c24-21(20-11-5-2-6-12-20)18-23(17-19-9-3-1-4-10-19)14-16-26-22-13-7-8-15-25-22/h1-6,9-12,21-22,24H,7-8,13-18H2. The van der Waals surface area contributed by atoms with E-state index in [1.165, 1.54) is 12.0 Å². The van der Waals surface area contributed by atoms with Crippen molar-refractivity contribution in [3.8, 4) is 0 Å². The third-order valence-corrected chi connectivity index (χ3v) is 4.71. The molecule has 0 saturated carbocycles. The molecule has 1 saturated heterocycles. The summed E-state index contributed by atoms with van der Waals surface area (Å²) in [5, 5.41) is 10.6. The summed E-state index contributed by atoms with van der Waals surface area (Å²) in [7, 11) is 0. The van der Waals surface area contributed by atoms with E-state index in [1.807, 2.05) is 48.5 Å². The zero-order valence-corrected chi connectivity index (χ0v) is 15.3. The molecule has 0 amide bonds. The molecule has 1 aliphatic rings. The molecule has 2 aromatic carbocycles. The van der Waals surface area contributed by atoms with Gasteiger partial charge in [0, 0.05) is 26.2 Å². The van der Waals surface area contributed by atoms with E-state index in [-0.39, 0.29) is 6.29 Å². The van der Waals surface area contributed by atoms with Crippen molar-refractivity contribution in [1.29, 1.82) is 0 Å². The Morgan fingerprint density at radius 2 is 1.77 bits per heavy atom. The van der Waals surface area contributed by atoms with Gasteiger partial charge in [0.1, 0.15) is 0 Å². The predicted molar refractivity (Wildman–Crippen MR) is 103 cm³/mol. The Balaban J connectivity index is 1.55. The second-order valence-electron chi connectivity index (χ2n) is 6.81. The van der Waals surface area contributed by atoms with Crippen LogP contribution < -0.4 is 0 Å². The Bertz CT molecular complexity index is 614. The Morgan fingerprint density at radius 3 is 2.46 bits per heavy atom. The monoisotopic (exact) mass is 355 g/mol. The SMILES string of the molecule is OC(CN(CCOC1CCCCO1)Cc1ccccc1)c1ccccc1. The first-order valence-corrected chi connectivity index (χ1v) is 9.54. The summed E-state index contributed by atoms with van der Waals surface area (Å²) in [5.41, 5.74) is 2.18. The largest absolute Gasteiger partial charge is 0.387 e. The summed E-state index contributed by atoms with van der Waals surface area (Å²) in [6.45, 7) is 3.54. The summed E-state index contributed by atoms with van der Waals surface area (Å²) in [6, 6.07) is 20.2. The lowest BCUT2D eigenvalue weighted by atomic mass is 10.1. The highest BCUT2D eigenvalue weighted by atomic mass is 16.7. The summed E-state index contributed by atoms with van der Waals surface area (Å²) in [6.07, 6.45) is 2.70. The Morgan fingerprint density at radius 1 is 1.04 bits per heavy atom. The number of aliphatic hydroxyl groups excluding tert-OH is 1. The van der Waals surface area contributed by atoms with Crippen LogP contribution in [0.4, 0.5) is 0 Å². The fourth-order valence-electron chi connectivity index (χ4n) is 3.26. The third kappa shape index (κ3) is 6.22. The van der Waals surface area contributed by atoms with Gasteiger partial charge in [-0.15, -0.1) is 0 Å². The number of nitrogens with zero attached hydrogens (tertiary/aromatic N) is 1. The van der Waals surface area contributed by atoms with Gasteiger partial charge < -0.3 is 14.6 Å². The quantitative estimate of drug-likeness (QED) is 0.744. The lowest BCUT2D eigenvalue weighted by Gasteiger charge is -2.27. The molecule has 3 rings (SSSR count). The van der Waals surface area contributed by atoms with Crippen molar-refractivity contribution in [2.75, 3.05) is 26.3 Å². The Hall–Kier alpha value is -1.72. The molecule has 0 radical (unpaired) electrons. The average molecular weight is 355 g/mol. The summed E-state index contributed by atoms with van der Waals surface area (Å²) in [4.78, 5) is 2.25. The second kappa shape index (κ2) is 10.4. The van der Waals surface area contributed by atoms with Crippen molar-refractivity contribution in [2.24, 2.45) is 0 Å².